The molecule has 0 aliphatic carbocycles. The fourth-order valence-corrected chi connectivity index (χ4v) is 1.39. The Morgan fingerprint density at radius 3 is 2.94 bits per heavy atom. The van der Waals surface area contributed by atoms with E-state index in [-0.39, 0.29) is 11.9 Å². The second-order valence-electron chi connectivity index (χ2n) is 4.23. The zero-order valence-corrected chi connectivity index (χ0v) is 10.7. The lowest BCUT2D eigenvalue weighted by molar-refractivity contribution is -0.121. The third kappa shape index (κ3) is 5.44. The summed E-state index contributed by atoms with van der Waals surface area (Å²) in [5, 5.41) is 14.0. The Morgan fingerprint density at radius 2 is 2.29 bits per heavy atom. The van der Waals surface area contributed by atoms with Crippen LogP contribution >= 0.6 is 0 Å². The third-order valence-electron chi connectivity index (χ3n) is 2.16. The van der Waals surface area contributed by atoms with E-state index in [1.54, 1.807) is 4.68 Å². The molecule has 96 valence electrons. The van der Waals surface area contributed by atoms with E-state index in [4.69, 9.17) is 0 Å². The highest BCUT2D eigenvalue weighted by atomic mass is 16.1. The first kappa shape index (κ1) is 13.6. The van der Waals surface area contributed by atoms with Crippen molar-refractivity contribution in [2.45, 2.75) is 46.3 Å². The van der Waals surface area contributed by atoms with E-state index in [0.717, 1.165) is 12.2 Å². The van der Waals surface area contributed by atoms with E-state index in [1.807, 2.05) is 27.0 Å². The Labute approximate surface area is 102 Å². The van der Waals surface area contributed by atoms with Crippen molar-refractivity contribution in [2.24, 2.45) is 0 Å². The molecular formula is C11H21N5O. The van der Waals surface area contributed by atoms with E-state index >= 15 is 0 Å². The first-order valence-corrected chi connectivity index (χ1v) is 6.01. The Bertz CT molecular complexity index is 347. The zero-order chi connectivity index (χ0) is 12.7. The summed E-state index contributed by atoms with van der Waals surface area (Å²) in [5.74, 6) is 0.0451. The zero-order valence-electron chi connectivity index (χ0n) is 10.7. The minimum absolute atomic E-state index is 0.0451. The van der Waals surface area contributed by atoms with Gasteiger partial charge in [0.1, 0.15) is 0 Å². The van der Waals surface area contributed by atoms with E-state index in [9.17, 15) is 4.79 Å². The summed E-state index contributed by atoms with van der Waals surface area (Å²) in [6.45, 7) is 8.13. The van der Waals surface area contributed by atoms with Gasteiger partial charge in [-0.2, -0.15) is 0 Å². The second kappa shape index (κ2) is 7.01. The number of nitrogens with one attached hydrogen (secondary N) is 2. The van der Waals surface area contributed by atoms with Gasteiger partial charge >= 0.3 is 0 Å². The van der Waals surface area contributed by atoms with Crippen LogP contribution in [0.1, 0.15) is 32.9 Å². The lowest BCUT2D eigenvalue weighted by atomic mass is 10.3. The Hall–Kier alpha value is -1.43. The summed E-state index contributed by atoms with van der Waals surface area (Å²) in [5.41, 5.74) is 0.899. The van der Waals surface area contributed by atoms with E-state index < -0.39 is 0 Å². The molecule has 0 saturated carbocycles. The van der Waals surface area contributed by atoms with Gasteiger partial charge in [0.05, 0.1) is 12.2 Å². The fraction of sp³-hybridized carbons (Fsp3) is 0.727. The van der Waals surface area contributed by atoms with E-state index in [0.29, 0.717) is 19.5 Å². The van der Waals surface area contributed by atoms with Gasteiger partial charge in [-0.15, -0.1) is 5.10 Å². The molecule has 0 atom stereocenters. The van der Waals surface area contributed by atoms with Crippen LogP contribution in [0.5, 0.6) is 0 Å². The van der Waals surface area contributed by atoms with Gasteiger partial charge < -0.3 is 10.6 Å². The van der Waals surface area contributed by atoms with Gasteiger partial charge in [0, 0.05) is 25.2 Å². The Morgan fingerprint density at radius 1 is 1.53 bits per heavy atom. The van der Waals surface area contributed by atoms with Crippen LogP contribution in [0.4, 0.5) is 0 Å². The molecule has 17 heavy (non-hydrogen) atoms. The quantitative estimate of drug-likeness (QED) is 0.718. The van der Waals surface area contributed by atoms with Gasteiger partial charge in [-0.3, -0.25) is 9.48 Å². The van der Waals surface area contributed by atoms with Crippen LogP contribution in [0, 0.1) is 0 Å². The predicted octanol–water partition coefficient (Wildman–Crippen LogP) is 0.302. The highest BCUT2D eigenvalue weighted by Crippen LogP contribution is 1.95. The van der Waals surface area contributed by atoms with Gasteiger partial charge in [-0.1, -0.05) is 12.1 Å². The predicted molar refractivity (Wildman–Crippen MR) is 65.3 cm³/mol. The molecule has 0 fully saturated rings. The monoisotopic (exact) mass is 239 g/mol. The van der Waals surface area contributed by atoms with Crippen molar-refractivity contribution in [1.29, 1.82) is 0 Å². The first-order valence-electron chi connectivity index (χ1n) is 6.01. The van der Waals surface area contributed by atoms with Crippen molar-refractivity contribution < 1.29 is 4.79 Å². The van der Waals surface area contributed by atoms with Crippen LogP contribution in [0.15, 0.2) is 6.20 Å². The maximum Gasteiger partial charge on any atom is 0.222 e. The summed E-state index contributed by atoms with van der Waals surface area (Å²) in [6, 6.07) is 0.183. The minimum Gasteiger partial charge on any atom is -0.354 e. The summed E-state index contributed by atoms with van der Waals surface area (Å²) >= 11 is 0. The van der Waals surface area contributed by atoms with Crippen LogP contribution in [-0.4, -0.2) is 33.5 Å². The number of carbonyl (C=O) groups excluding carboxylic acids is 1. The van der Waals surface area contributed by atoms with Crippen molar-refractivity contribution in [3.8, 4) is 0 Å². The van der Waals surface area contributed by atoms with Crippen molar-refractivity contribution in [3.63, 3.8) is 0 Å². The lowest BCUT2D eigenvalue weighted by Crippen LogP contribution is -2.30. The lowest BCUT2D eigenvalue weighted by Gasteiger charge is -2.07. The van der Waals surface area contributed by atoms with Crippen molar-refractivity contribution in [1.82, 2.24) is 25.6 Å². The van der Waals surface area contributed by atoms with Crippen LogP contribution in [0.2, 0.25) is 0 Å². The molecule has 0 saturated heterocycles. The smallest absolute Gasteiger partial charge is 0.222 e. The van der Waals surface area contributed by atoms with E-state index in [2.05, 4.69) is 20.9 Å². The topological polar surface area (TPSA) is 71.8 Å². The minimum atomic E-state index is 0.0451. The molecule has 1 aromatic rings. The van der Waals surface area contributed by atoms with Crippen LogP contribution in [-0.2, 0) is 17.9 Å². The largest absolute Gasteiger partial charge is 0.354 e. The molecule has 1 heterocycles. The van der Waals surface area contributed by atoms with Gasteiger partial charge in [0.15, 0.2) is 0 Å². The number of carbonyl (C=O) groups is 1. The van der Waals surface area contributed by atoms with Crippen LogP contribution in [0.25, 0.3) is 0 Å². The van der Waals surface area contributed by atoms with Gasteiger partial charge in [-0.05, 0) is 20.4 Å². The first-order chi connectivity index (χ1) is 8.11. The Kier molecular flexibility index (Phi) is 5.62. The van der Waals surface area contributed by atoms with Crippen LogP contribution in [0.3, 0.4) is 0 Å². The van der Waals surface area contributed by atoms with Crippen molar-refractivity contribution >= 4 is 5.91 Å². The number of hydrogen-bond acceptors (Lipinski definition) is 4. The number of aryl methyl sites for hydroxylation is 1. The highest BCUT2D eigenvalue weighted by molar-refractivity contribution is 5.75. The molecule has 0 aliphatic heterocycles. The number of nitrogens with zero attached hydrogens (tertiary/aromatic N) is 3. The normalized spacial score (nSPS) is 10.8. The SMILES string of the molecule is CCNCc1cn(CCC(=O)NC(C)C)nn1. The number of aromatic nitrogens is 3. The van der Waals surface area contributed by atoms with E-state index in [1.165, 1.54) is 0 Å². The Balaban J connectivity index is 2.31. The van der Waals surface area contributed by atoms with Crippen molar-refractivity contribution in [2.75, 3.05) is 6.54 Å². The second-order valence-corrected chi connectivity index (χ2v) is 4.23. The van der Waals surface area contributed by atoms with Crippen molar-refractivity contribution in [3.05, 3.63) is 11.9 Å². The molecule has 0 spiro atoms. The summed E-state index contributed by atoms with van der Waals surface area (Å²) in [7, 11) is 0. The molecule has 0 aromatic carbocycles. The molecule has 0 bridgehead atoms. The van der Waals surface area contributed by atoms with Gasteiger partial charge in [0.25, 0.3) is 0 Å². The average molecular weight is 239 g/mol. The third-order valence-corrected chi connectivity index (χ3v) is 2.16. The molecule has 0 unspecified atom stereocenters. The molecule has 6 heteroatoms. The summed E-state index contributed by atoms with van der Waals surface area (Å²) < 4.78 is 1.70. The summed E-state index contributed by atoms with van der Waals surface area (Å²) in [4.78, 5) is 11.4. The fourth-order valence-electron chi connectivity index (χ4n) is 1.39. The van der Waals surface area contributed by atoms with Crippen LogP contribution < -0.4 is 10.6 Å². The number of hydrogen-bond donors (Lipinski definition) is 2. The molecule has 2 N–H and O–H groups in total. The average Bonchev–Trinajstić information content (AvgIpc) is 2.70. The molecular weight excluding hydrogens is 218 g/mol. The standard InChI is InChI=1S/C11H21N5O/c1-4-12-7-10-8-16(15-14-10)6-5-11(17)13-9(2)3/h8-9,12H,4-7H2,1-3H3,(H,13,17). The van der Waals surface area contributed by atoms with Gasteiger partial charge in [-0.25, -0.2) is 0 Å². The molecule has 1 aromatic heterocycles. The maximum atomic E-state index is 11.4. The van der Waals surface area contributed by atoms with Gasteiger partial charge in [0.2, 0.25) is 5.91 Å². The molecule has 6 nitrogen and oxygen atoms in total. The number of amides is 1. The maximum absolute atomic E-state index is 11.4. The number of rotatable bonds is 7. The molecule has 0 radical (unpaired) electrons. The highest BCUT2D eigenvalue weighted by Gasteiger charge is 2.05. The molecule has 0 aliphatic rings. The molecule has 1 amide bonds. The summed E-state index contributed by atoms with van der Waals surface area (Å²) in [6.07, 6.45) is 2.30. The molecule has 1 rings (SSSR count).